The van der Waals surface area contributed by atoms with E-state index in [9.17, 15) is 14.7 Å². The van der Waals surface area contributed by atoms with Gasteiger partial charge in [0, 0.05) is 24.2 Å². The summed E-state index contributed by atoms with van der Waals surface area (Å²) < 4.78 is 10.8. The molecule has 34 heavy (non-hydrogen) atoms. The van der Waals surface area contributed by atoms with E-state index in [0.717, 1.165) is 11.1 Å². The van der Waals surface area contributed by atoms with E-state index in [1.54, 1.807) is 24.3 Å². The average Bonchev–Trinajstić information content (AvgIpc) is 3.53. The zero-order chi connectivity index (χ0) is 22.9. The highest BCUT2D eigenvalue weighted by Gasteiger charge is 2.64. The van der Waals surface area contributed by atoms with Crippen molar-refractivity contribution in [3.63, 3.8) is 0 Å². The minimum atomic E-state index is -0.527. The van der Waals surface area contributed by atoms with Crippen molar-refractivity contribution < 1.29 is 24.2 Å². The molecule has 4 heterocycles. The van der Waals surface area contributed by atoms with Crippen LogP contribution in [-0.4, -0.2) is 58.0 Å². The van der Waals surface area contributed by atoms with Gasteiger partial charge in [0.2, 0.25) is 18.6 Å². The second-order valence-corrected chi connectivity index (χ2v) is 9.14. The first-order valence-corrected chi connectivity index (χ1v) is 11.0. The zero-order valence-electron chi connectivity index (χ0n) is 18.2. The zero-order valence-corrected chi connectivity index (χ0v) is 19.0. The number of hydrogen-bond donors (Lipinski definition) is 3. The number of amides is 2. The third-order valence-corrected chi connectivity index (χ3v) is 7.30. The van der Waals surface area contributed by atoms with Crippen LogP contribution in [0.2, 0.25) is 0 Å². The number of aliphatic hydroxyl groups is 1. The van der Waals surface area contributed by atoms with E-state index in [4.69, 9.17) is 20.6 Å². The number of nitrogens with zero attached hydrogens (tertiary/aromatic N) is 2. The van der Waals surface area contributed by atoms with E-state index in [-0.39, 0.29) is 55.5 Å². The third kappa shape index (κ3) is 3.34. The summed E-state index contributed by atoms with van der Waals surface area (Å²) in [6.07, 6.45) is -0.0548. The van der Waals surface area contributed by atoms with Crippen LogP contribution in [-0.2, 0) is 16.1 Å². The number of ether oxygens (including phenoxy) is 2. The second-order valence-electron chi connectivity index (χ2n) is 9.14. The largest absolute Gasteiger partial charge is 0.454 e. The van der Waals surface area contributed by atoms with Gasteiger partial charge in [-0.25, -0.2) is 0 Å². The fraction of sp³-hybridized carbons (Fsp3) is 0.375. The number of carbonyl (C=O) groups excluding carboxylic acids is 2. The molecule has 4 aliphatic rings. The fourth-order valence-electron chi connectivity index (χ4n) is 5.89. The predicted octanol–water partition coefficient (Wildman–Crippen LogP) is 1.41. The lowest BCUT2D eigenvalue weighted by Crippen LogP contribution is -2.39. The summed E-state index contributed by atoms with van der Waals surface area (Å²) >= 11 is 0. The van der Waals surface area contributed by atoms with Crippen molar-refractivity contribution in [2.24, 2.45) is 17.6 Å². The van der Waals surface area contributed by atoms with Crippen molar-refractivity contribution in [3.05, 3.63) is 59.2 Å². The number of amidine groups is 1. The van der Waals surface area contributed by atoms with Crippen LogP contribution in [0.5, 0.6) is 11.5 Å². The number of likely N-dealkylation sites (tertiary alicyclic amines) is 1. The van der Waals surface area contributed by atoms with E-state index >= 15 is 0 Å². The summed E-state index contributed by atoms with van der Waals surface area (Å²) in [7, 11) is 0. The number of aliphatic hydroxyl groups excluding tert-OH is 1. The molecule has 2 amide bonds. The maximum Gasteiger partial charge on any atom is 0.235 e. The fourth-order valence-corrected chi connectivity index (χ4v) is 5.89. The van der Waals surface area contributed by atoms with E-state index in [0.29, 0.717) is 30.0 Å². The molecule has 0 radical (unpaired) electrons. The molecule has 0 bridgehead atoms. The monoisotopic (exact) mass is 484 g/mol. The van der Waals surface area contributed by atoms with Crippen LogP contribution in [0.1, 0.15) is 29.2 Å². The SMILES string of the molecule is Cl.N=C(N)c1ccc([C@H]2[C@H]3C(=O)N(Cc4ccc5c(c4)OCO5)C(=O)[C@H]3[C@@H]3C[C@@H](O)CN32)cc1. The lowest BCUT2D eigenvalue weighted by Gasteiger charge is -2.29. The summed E-state index contributed by atoms with van der Waals surface area (Å²) in [5, 5.41) is 18.0. The lowest BCUT2D eigenvalue weighted by atomic mass is 9.85. The van der Waals surface area contributed by atoms with Crippen LogP contribution in [0.15, 0.2) is 42.5 Å². The third-order valence-electron chi connectivity index (χ3n) is 7.30. The Bertz CT molecular complexity index is 1170. The van der Waals surface area contributed by atoms with Gasteiger partial charge in [-0.05, 0) is 29.7 Å². The van der Waals surface area contributed by atoms with Crippen LogP contribution >= 0.6 is 12.4 Å². The Labute approximate surface area is 202 Å². The number of nitrogens with one attached hydrogen (secondary N) is 1. The van der Waals surface area contributed by atoms with Crippen LogP contribution < -0.4 is 15.2 Å². The van der Waals surface area contributed by atoms with E-state index in [1.165, 1.54) is 4.90 Å². The predicted molar refractivity (Wildman–Crippen MR) is 124 cm³/mol. The second kappa shape index (κ2) is 8.26. The van der Waals surface area contributed by atoms with Crippen molar-refractivity contribution in [2.45, 2.75) is 31.2 Å². The van der Waals surface area contributed by atoms with Gasteiger partial charge in [0.05, 0.1) is 24.5 Å². The average molecular weight is 485 g/mol. The summed E-state index contributed by atoms with van der Waals surface area (Å²) in [5.41, 5.74) is 7.88. The topological polar surface area (TPSA) is 129 Å². The van der Waals surface area contributed by atoms with Crippen LogP contribution in [0.4, 0.5) is 0 Å². The van der Waals surface area contributed by atoms with E-state index < -0.39 is 17.9 Å². The number of fused-ring (bicyclic) bond motifs is 4. The maximum atomic E-state index is 13.6. The van der Waals surface area contributed by atoms with Crippen molar-refractivity contribution in [1.82, 2.24) is 9.80 Å². The molecule has 2 aromatic carbocycles. The molecule has 0 spiro atoms. The van der Waals surface area contributed by atoms with Gasteiger partial charge in [0.25, 0.3) is 0 Å². The molecular formula is C24H25ClN4O5. The van der Waals surface area contributed by atoms with Gasteiger partial charge in [-0.2, -0.15) is 0 Å². The van der Waals surface area contributed by atoms with Crippen molar-refractivity contribution in [1.29, 1.82) is 5.41 Å². The molecule has 178 valence electrons. The standard InChI is InChI=1S/C24H24N4O5.ClH/c25-22(26)14-4-2-13(3-5-14)21-20-19(16-8-15(29)10-27(16)21)23(30)28(24(20)31)9-12-1-6-17-18(7-12)33-11-32-17;/h1-7,15-16,19-21,29H,8-11H2,(H3,25,26);1H/t15-,16+,19+,20+,21+;/m1./s1. The molecule has 6 rings (SSSR count). The van der Waals surface area contributed by atoms with Gasteiger partial charge in [-0.3, -0.25) is 24.8 Å². The van der Waals surface area contributed by atoms with Crippen molar-refractivity contribution in [2.75, 3.05) is 13.3 Å². The first kappa shape index (κ1) is 22.6. The Morgan fingerprint density at radius 3 is 2.50 bits per heavy atom. The molecule has 4 N–H and O–H groups in total. The molecule has 3 fully saturated rings. The molecular weight excluding hydrogens is 460 g/mol. The minimum absolute atomic E-state index is 0. The summed E-state index contributed by atoms with van der Waals surface area (Å²) in [5.74, 6) is -0.128. The first-order chi connectivity index (χ1) is 15.9. The Hall–Kier alpha value is -3.14. The number of carbonyl (C=O) groups is 2. The molecule has 2 aromatic rings. The molecule has 0 unspecified atom stereocenters. The Morgan fingerprint density at radius 1 is 1.06 bits per heavy atom. The number of imide groups is 1. The smallest absolute Gasteiger partial charge is 0.235 e. The number of halogens is 1. The molecule has 4 aliphatic heterocycles. The van der Waals surface area contributed by atoms with Gasteiger partial charge in [-0.1, -0.05) is 30.3 Å². The number of nitrogen functional groups attached to an aromatic ring is 1. The number of nitrogens with two attached hydrogens (primary N) is 1. The van der Waals surface area contributed by atoms with Gasteiger partial charge in [-0.15, -0.1) is 12.4 Å². The number of rotatable bonds is 4. The molecule has 9 nitrogen and oxygen atoms in total. The Kier molecular flexibility index (Phi) is 5.50. The normalized spacial score (nSPS) is 29.2. The molecule has 0 saturated carbocycles. The molecule has 10 heteroatoms. The highest BCUT2D eigenvalue weighted by molar-refractivity contribution is 6.06. The lowest BCUT2D eigenvalue weighted by molar-refractivity contribution is -0.142. The van der Waals surface area contributed by atoms with Crippen molar-refractivity contribution >= 4 is 30.1 Å². The van der Waals surface area contributed by atoms with Crippen LogP contribution in [0, 0.1) is 17.2 Å². The Morgan fingerprint density at radius 2 is 1.76 bits per heavy atom. The highest BCUT2D eigenvalue weighted by Crippen LogP contribution is 2.53. The van der Waals surface area contributed by atoms with E-state index in [1.807, 2.05) is 18.2 Å². The summed E-state index contributed by atoms with van der Waals surface area (Å²) in [6.45, 7) is 0.764. The van der Waals surface area contributed by atoms with Gasteiger partial charge in [0.1, 0.15) is 5.84 Å². The minimum Gasteiger partial charge on any atom is -0.454 e. The Balaban J connectivity index is 0.00000241. The van der Waals surface area contributed by atoms with E-state index in [2.05, 4.69) is 4.90 Å². The summed E-state index contributed by atoms with van der Waals surface area (Å²) in [4.78, 5) is 30.6. The van der Waals surface area contributed by atoms with Gasteiger partial charge >= 0.3 is 0 Å². The molecule has 3 saturated heterocycles. The number of hydrogen-bond acceptors (Lipinski definition) is 7. The van der Waals surface area contributed by atoms with Crippen molar-refractivity contribution in [3.8, 4) is 11.5 Å². The molecule has 5 atom stereocenters. The first-order valence-electron chi connectivity index (χ1n) is 11.0. The quantitative estimate of drug-likeness (QED) is 0.340. The maximum absolute atomic E-state index is 13.6. The van der Waals surface area contributed by atoms with Gasteiger partial charge < -0.3 is 20.3 Å². The molecule has 0 aliphatic carbocycles. The molecule has 0 aromatic heterocycles. The number of benzene rings is 2. The van der Waals surface area contributed by atoms with Gasteiger partial charge in [0.15, 0.2) is 11.5 Å². The highest BCUT2D eigenvalue weighted by atomic mass is 35.5. The van der Waals surface area contributed by atoms with Crippen LogP contribution in [0.3, 0.4) is 0 Å². The summed E-state index contributed by atoms with van der Waals surface area (Å²) in [6, 6.07) is 12.2. The van der Waals surface area contributed by atoms with Crippen LogP contribution in [0.25, 0.3) is 0 Å².